The number of anilines is 1. The molecule has 0 radical (unpaired) electrons. The van der Waals surface area contributed by atoms with E-state index in [-0.39, 0.29) is 4.90 Å². The van der Waals surface area contributed by atoms with Crippen molar-refractivity contribution in [3.63, 3.8) is 0 Å². The van der Waals surface area contributed by atoms with Crippen LogP contribution in [0.3, 0.4) is 0 Å². The summed E-state index contributed by atoms with van der Waals surface area (Å²) in [7, 11) is -4.11. The molecule has 1 aromatic heterocycles. The molecule has 7 nitrogen and oxygen atoms in total. The number of sulfonamides is 1. The molecule has 128 valence electrons. The molecule has 3 rings (SSSR count). The maximum Gasteiger partial charge on any atom is 0.290 e. The van der Waals surface area contributed by atoms with Gasteiger partial charge in [-0.3, -0.25) is 14.8 Å². The zero-order valence-corrected chi connectivity index (χ0v) is 14.1. The summed E-state index contributed by atoms with van der Waals surface area (Å²) in [6.45, 7) is 1.53. The zero-order valence-electron chi connectivity index (χ0n) is 13.3. The van der Waals surface area contributed by atoms with E-state index >= 15 is 0 Å². The van der Waals surface area contributed by atoms with E-state index in [0.29, 0.717) is 11.3 Å². The van der Waals surface area contributed by atoms with Crippen LogP contribution in [-0.4, -0.2) is 17.9 Å². The summed E-state index contributed by atoms with van der Waals surface area (Å²) >= 11 is 0. The number of aryl methyl sites for hydroxylation is 1. The molecule has 25 heavy (non-hydrogen) atoms. The van der Waals surface area contributed by atoms with E-state index in [1.54, 1.807) is 18.2 Å². The first kappa shape index (κ1) is 16.7. The molecule has 0 aliphatic carbocycles. The molecule has 0 saturated carbocycles. The number of hydrogen-bond donors (Lipinski definition) is 1. The van der Waals surface area contributed by atoms with E-state index < -0.39 is 20.6 Å². The van der Waals surface area contributed by atoms with Crippen molar-refractivity contribution in [1.29, 1.82) is 0 Å². The van der Waals surface area contributed by atoms with Gasteiger partial charge in [-0.25, -0.2) is 8.42 Å². The lowest BCUT2D eigenvalue weighted by atomic mass is 10.2. The highest BCUT2D eigenvalue weighted by Crippen LogP contribution is 2.29. The molecule has 1 heterocycles. The molecule has 0 bridgehead atoms. The summed E-state index contributed by atoms with van der Waals surface area (Å²) in [6, 6.07) is 14.7. The van der Waals surface area contributed by atoms with Crippen LogP contribution in [0.2, 0.25) is 0 Å². The van der Waals surface area contributed by atoms with Crippen LogP contribution in [0.1, 0.15) is 5.56 Å². The Morgan fingerprint density at radius 2 is 1.72 bits per heavy atom. The summed E-state index contributed by atoms with van der Waals surface area (Å²) in [5.41, 5.74) is 0.950. The molecular formula is C17H15N3O4S. The molecule has 0 aliphatic heterocycles. The van der Waals surface area contributed by atoms with E-state index in [0.717, 1.165) is 5.69 Å². The fraction of sp³-hybridized carbons (Fsp3) is 0.0588. The van der Waals surface area contributed by atoms with Crippen LogP contribution in [0.4, 0.5) is 11.4 Å². The van der Waals surface area contributed by atoms with Gasteiger partial charge < -0.3 is 4.57 Å². The number of nitro groups is 1. The van der Waals surface area contributed by atoms with Crippen molar-refractivity contribution >= 4 is 21.4 Å². The summed E-state index contributed by atoms with van der Waals surface area (Å²) < 4.78 is 29.7. The third-order valence-electron chi connectivity index (χ3n) is 3.66. The summed E-state index contributed by atoms with van der Waals surface area (Å²) in [6.07, 6.45) is 3.67. The third-order valence-corrected chi connectivity index (χ3v) is 5.23. The summed E-state index contributed by atoms with van der Waals surface area (Å²) in [5, 5.41) is 11.2. The predicted molar refractivity (Wildman–Crippen MR) is 94.4 cm³/mol. The van der Waals surface area contributed by atoms with E-state index in [2.05, 4.69) is 4.72 Å². The Balaban J connectivity index is 2.01. The fourth-order valence-electron chi connectivity index (χ4n) is 2.57. The van der Waals surface area contributed by atoms with Crippen molar-refractivity contribution in [2.24, 2.45) is 0 Å². The average Bonchev–Trinajstić information content (AvgIpc) is 3.08. The lowest BCUT2D eigenvalue weighted by Gasteiger charge is -2.12. The zero-order chi connectivity index (χ0) is 18.0. The van der Waals surface area contributed by atoms with Gasteiger partial charge in [0.15, 0.2) is 4.90 Å². The minimum Gasteiger partial charge on any atom is -0.324 e. The molecule has 8 heteroatoms. The molecular weight excluding hydrogens is 342 g/mol. The Morgan fingerprint density at radius 1 is 1.04 bits per heavy atom. The summed E-state index contributed by atoms with van der Waals surface area (Å²) in [4.78, 5) is 10.2. The maximum atomic E-state index is 12.7. The van der Waals surface area contributed by atoms with Crippen LogP contribution < -0.4 is 4.72 Å². The maximum absolute atomic E-state index is 12.7. The van der Waals surface area contributed by atoms with Crippen molar-refractivity contribution in [3.05, 3.63) is 82.7 Å². The number of benzene rings is 2. The van der Waals surface area contributed by atoms with E-state index in [9.17, 15) is 18.5 Å². The monoisotopic (exact) mass is 357 g/mol. The Labute approximate surface area is 144 Å². The van der Waals surface area contributed by atoms with Crippen molar-refractivity contribution in [3.8, 4) is 5.69 Å². The highest BCUT2D eigenvalue weighted by atomic mass is 32.2. The Hall–Kier alpha value is -3.13. The Kier molecular flexibility index (Phi) is 4.28. The molecule has 0 fully saturated rings. The number of aromatic nitrogens is 1. The number of hydrogen-bond acceptors (Lipinski definition) is 4. The van der Waals surface area contributed by atoms with Crippen molar-refractivity contribution in [2.45, 2.75) is 11.8 Å². The molecule has 0 saturated heterocycles. The smallest absolute Gasteiger partial charge is 0.290 e. The number of nitrogens with zero attached hydrogens (tertiary/aromatic N) is 2. The largest absolute Gasteiger partial charge is 0.324 e. The van der Waals surface area contributed by atoms with Crippen molar-refractivity contribution < 1.29 is 13.3 Å². The minimum atomic E-state index is -4.11. The Bertz CT molecular complexity index is 1030. The molecule has 0 spiro atoms. The predicted octanol–water partition coefficient (Wildman–Crippen LogP) is 3.49. The summed E-state index contributed by atoms with van der Waals surface area (Å²) in [5.74, 6) is 0. The first-order valence-electron chi connectivity index (χ1n) is 7.39. The van der Waals surface area contributed by atoms with Crippen LogP contribution in [0.25, 0.3) is 5.69 Å². The van der Waals surface area contributed by atoms with Gasteiger partial charge in [-0.1, -0.05) is 18.2 Å². The number of rotatable bonds is 5. The van der Waals surface area contributed by atoms with Gasteiger partial charge in [0, 0.05) is 24.1 Å². The standard InChI is InChI=1S/C17H15N3O4S/c1-13-6-4-9-16(20(21)22)17(13)25(23,24)18-14-7-5-8-15(12-14)19-10-2-3-11-19/h2-12,18H,1H3. The highest BCUT2D eigenvalue weighted by molar-refractivity contribution is 7.93. The van der Waals surface area contributed by atoms with Crippen LogP contribution in [0.15, 0.2) is 71.9 Å². The van der Waals surface area contributed by atoms with Gasteiger partial charge in [0.05, 0.1) is 10.6 Å². The van der Waals surface area contributed by atoms with Gasteiger partial charge in [-0.15, -0.1) is 0 Å². The van der Waals surface area contributed by atoms with Crippen LogP contribution in [-0.2, 0) is 10.0 Å². The van der Waals surface area contributed by atoms with Crippen molar-refractivity contribution in [2.75, 3.05) is 4.72 Å². The quantitative estimate of drug-likeness (QED) is 0.558. The number of nitrogens with one attached hydrogen (secondary N) is 1. The minimum absolute atomic E-state index is 0.309. The van der Waals surface area contributed by atoms with Gasteiger partial charge in [0.2, 0.25) is 0 Å². The van der Waals surface area contributed by atoms with E-state index in [1.807, 2.05) is 35.2 Å². The van der Waals surface area contributed by atoms with Gasteiger partial charge in [-0.2, -0.15) is 0 Å². The molecule has 2 aromatic carbocycles. The van der Waals surface area contributed by atoms with Crippen LogP contribution in [0.5, 0.6) is 0 Å². The molecule has 0 atom stereocenters. The van der Waals surface area contributed by atoms with E-state index in [4.69, 9.17) is 0 Å². The first-order chi connectivity index (χ1) is 11.9. The van der Waals surface area contributed by atoms with Gasteiger partial charge >= 0.3 is 0 Å². The molecule has 0 unspecified atom stereocenters. The van der Waals surface area contributed by atoms with Crippen LogP contribution in [0, 0.1) is 17.0 Å². The lowest BCUT2D eigenvalue weighted by molar-refractivity contribution is -0.387. The van der Waals surface area contributed by atoms with Gasteiger partial charge in [0.1, 0.15) is 0 Å². The molecule has 3 aromatic rings. The number of nitro benzene ring substituents is 1. The van der Waals surface area contributed by atoms with Crippen LogP contribution >= 0.6 is 0 Å². The third kappa shape index (κ3) is 3.38. The second-order valence-electron chi connectivity index (χ2n) is 5.43. The first-order valence-corrected chi connectivity index (χ1v) is 8.87. The SMILES string of the molecule is Cc1cccc([N+](=O)[O-])c1S(=O)(=O)Nc1cccc(-n2cccc2)c1. The molecule has 1 N–H and O–H groups in total. The van der Waals surface area contributed by atoms with E-state index in [1.165, 1.54) is 25.1 Å². The van der Waals surface area contributed by atoms with Gasteiger partial charge in [0.25, 0.3) is 15.7 Å². The highest BCUT2D eigenvalue weighted by Gasteiger charge is 2.27. The average molecular weight is 357 g/mol. The lowest BCUT2D eigenvalue weighted by Crippen LogP contribution is -2.16. The van der Waals surface area contributed by atoms with Gasteiger partial charge in [-0.05, 0) is 42.8 Å². The molecule has 0 amide bonds. The second kappa shape index (κ2) is 6.40. The molecule has 0 aliphatic rings. The normalized spacial score (nSPS) is 11.2. The second-order valence-corrected chi connectivity index (χ2v) is 7.05. The van der Waals surface area contributed by atoms with Crippen molar-refractivity contribution in [1.82, 2.24) is 4.57 Å². The fourth-order valence-corrected chi connectivity index (χ4v) is 4.02. The topological polar surface area (TPSA) is 94.2 Å². The Morgan fingerprint density at radius 3 is 2.40 bits per heavy atom.